The van der Waals surface area contributed by atoms with Gasteiger partial charge >= 0.3 is 6.18 Å². The number of nitro benzene ring substituents is 1. The molecule has 4 N–H and O–H groups in total. The van der Waals surface area contributed by atoms with Crippen LogP contribution in [0.25, 0.3) is 10.8 Å². The quantitative estimate of drug-likeness (QED) is 0.170. The molecule has 4 rings (SSSR count). The number of non-ortho nitro benzene ring substituents is 1. The van der Waals surface area contributed by atoms with Crippen LogP contribution in [0.5, 0.6) is 0 Å². The maximum Gasteiger partial charge on any atom is 0.419 e. The Morgan fingerprint density at radius 2 is 1.53 bits per heavy atom. The third-order valence-electron chi connectivity index (χ3n) is 4.67. The summed E-state index contributed by atoms with van der Waals surface area (Å²) in [5.74, 6) is -4.86. The van der Waals surface area contributed by atoms with Crippen molar-refractivity contribution in [1.29, 1.82) is 0 Å². The summed E-state index contributed by atoms with van der Waals surface area (Å²) in [4.78, 5) is 10.5. The first kappa shape index (κ1) is 21.3. The van der Waals surface area contributed by atoms with E-state index in [2.05, 4.69) is 0 Å². The number of nitrogens with zero attached hydrogens (tertiary/aromatic N) is 3. The molecule has 0 bridgehead atoms. The number of hydrogen-bond acceptors (Lipinski definition) is 9. The van der Waals surface area contributed by atoms with Crippen molar-refractivity contribution in [3.8, 4) is 0 Å². The molecule has 0 radical (unpaired) electrons. The summed E-state index contributed by atoms with van der Waals surface area (Å²) in [7, 11) is -2.62. The van der Waals surface area contributed by atoms with Crippen molar-refractivity contribution in [1.82, 2.24) is 9.34 Å². The third kappa shape index (κ3) is 3.74. The van der Waals surface area contributed by atoms with E-state index in [-0.39, 0.29) is 16.5 Å². The highest BCUT2D eigenvalue weighted by Gasteiger charge is 2.66. The van der Waals surface area contributed by atoms with Gasteiger partial charge in [-0.3, -0.25) is 10.1 Å². The van der Waals surface area contributed by atoms with Crippen molar-refractivity contribution in [2.24, 2.45) is 0 Å². The van der Waals surface area contributed by atoms with Crippen molar-refractivity contribution in [3.05, 3.63) is 52.1 Å². The van der Waals surface area contributed by atoms with Crippen LogP contribution in [0.2, 0.25) is 0 Å². The van der Waals surface area contributed by atoms with Gasteiger partial charge < -0.3 is 24.9 Å². The zero-order valence-electron chi connectivity index (χ0n) is 14.9. The van der Waals surface area contributed by atoms with Crippen molar-refractivity contribution in [3.63, 3.8) is 0 Å². The second-order valence-electron chi connectivity index (χ2n) is 6.92. The fourth-order valence-electron chi connectivity index (χ4n) is 3.05. The van der Waals surface area contributed by atoms with Crippen molar-refractivity contribution < 1.29 is 43.0 Å². The van der Waals surface area contributed by atoms with E-state index in [1.165, 1.54) is 24.3 Å². The van der Waals surface area contributed by atoms with Crippen molar-refractivity contribution in [2.75, 3.05) is 13.1 Å². The summed E-state index contributed by atoms with van der Waals surface area (Å²) < 4.78 is 48.6. The van der Waals surface area contributed by atoms with Gasteiger partial charge in [0, 0.05) is 6.07 Å². The molecule has 162 valence electrons. The minimum atomic E-state index is -4.99. The predicted octanol–water partition coefficient (Wildman–Crippen LogP) is 1.50. The van der Waals surface area contributed by atoms with Gasteiger partial charge in [0.2, 0.25) is 11.8 Å². The summed E-state index contributed by atoms with van der Waals surface area (Å²) in [6.45, 7) is -0.895. The second kappa shape index (κ2) is 6.77. The van der Waals surface area contributed by atoms with E-state index in [0.29, 0.717) is 0 Å². The van der Waals surface area contributed by atoms with Crippen LogP contribution in [-0.2, 0) is 4.52 Å². The van der Waals surface area contributed by atoms with Gasteiger partial charge in [0.25, 0.3) is 5.69 Å². The molecular weight excluding hydrogens is 434 g/mol. The van der Waals surface area contributed by atoms with E-state index in [9.17, 15) is 43.7 Å². The summed E-state index contributed by atoms with van der Waals surface area (Å²) in [5.41, 5.74) is -0.813. The third-order valence-corrected chi connectivity index (χ3v) is 6.82. The minimum Gasteiger partial charge on any atom is -0.352 e. The molecule has 3 atom stereocenters. The summed E-state index contributed by atoms with van der Waals surface area (Å²) >= 11 is 0. The number of rotatable bonds is 6. The summed E-state index contributed by atoms with van der Waals surface area (Å²) in [6.07, 6.45) is -7.62. The average molecular weight is 449 g/mol. The molecule has 2 fully saturated rings. The van der Waals surface area contributed by atoms with E-state index in [1.807, 2.05) is 0 Å². The normalized spacial score (nSPS) is 26.2. The Kier molecular flexibility index (Phi) is 4.80. The topological polar surface area (TPSA) is 139 Å². The van der Waals surface area contributed by atoms with E-state index in [1.54, 1.807) is 0 Å². The zero-order valence-corrected chi connectivity index (χ0v) is 15.8. The molecule has 0 saturated carbocycles. The van der Waals surface area contributed by atoms with Gasteiger partial charge in [0.05, 0.1) is 23.4 Å². The Morgan fingerprint density at radius 1 is 1.03 bits per heavy atom. The standard InChI is InChI=1S/C16H15F3N3O7P/c17-16(18,19)13(29-30(20-7-14(20,23)24)21-8-15(21,25)26)11-5-6-12(22(27)28)10-4-2-1-3-9(10)11/h1-6,13,23-26H,7-8H2. The van der Waals surface area contributed by atoms with Crippen LogP contribution < -0.4 is 0 Å². The van der Waals surface area contributed by atoms with Gasteiger partial charge in [-0.25, -0.2) is 0 Å². The maximum absolute atomic E-state index is 14.0. The van der Waals surface area contributed by atoms with Crippen molar-refractivity contribution >= 4 is 24.9 Å². The summed E-state index contributed by atoms with van der Waals surface area (Å²) in [5, 5.41) is 49.7. The van der Waals surface area contributed by atoms with E-state index < -0.39 is 56.1 Å². The van der Waals surface area contributed by atoms with Crippen LogP contribution in [0, 0.1) is 10.1 Å². The average Bonchev–Trinajstić information content (AvgIpc) is 3.47. The minimum absolute atomic E-state index is 0.0297. The molecule has 0 amide bonds. The van der Waals surface area contributed by atoms with Gasteiger partial charge in [0.1, 0.15) is 0 Å². The monoisotopic (exact) mass is 449 g/mol. The molecule has 0 aromatic heterocycles. The highest BCUT2D eigenvalue weighted by Crippen LogP contribution is 2.65. The number of halogens is 3. The van der Waals surface area contributed by atoms with Crippen LogP contribution >= 0.6 is 8.45 Å². The van der Waals surface area contributed by atoms with Crippen LogP contribution in [0.1, 0.15) is 11.7 Å². The van der Waals surface area contributed by atoms with E-state index in [4.69, 9.17) is 4.52 Å². The molecule has 3 unspecified atom stereocenters. The lowest BCUT2D eigenvalue weighted by Crippen LogP contribution is -2.27. The molecule has 14 heteroatoms. The maximum atomic E-state index is 14.0. The molecule has 2 aliphatic rings. The lowest BCUT2D eigenvalue weighted by molar-refractivity contribution is -0.383. The van der Waals surface area contributed by atoms with Gasteiger partial charge in [-0.05, 0) is 23.1 Å². The molecule has 0 aliphatic carbocycles. The van der Waals surface area contributed by atoms with Gasteiger partial charge in [-0.15, -0.1) is 0 Å². The number of β-amino-alcohol motifs (C(OH)–C–C–N with tert-alkyl or cyclic N) is 4. The zero-order chi connectivity index (χ0) is 22.1. The van der Waals surface area contributed by atoms with Gasteiger partial charge in [-0.2, -0.15) is 22.5 Å². The summed E-state index contributed by atoms with van der Waals surface area (Å²) in [6, 6.07) is 7.30. The first-order valence-electron chi connectivity index (χ1n) is 8.47. The molecular formula is C16H15F3N3O7P. The number of fused-ring (bicyclic) bond motifs is 1. The molecule has 0 spiro atoms. The number of aliphatic hydroxyl groups is 4. The van der Waals surface area contributed by atoms with Gasteiger partial charge in [0.15, 0.2) is 14.6 Å². The number of benzene rings is 2. The van der Waals surface area contributed by atoms with Gasteiger partial charge in [-0.1, -0.05) is 18.2 Å². The highest BCUT2D eigenvalue weighted by molar-refractivity contribution is 7.48. The molecule has 10 nitrogen and oxygen atoms in total. The fraction of sp³-hybridized carbons (Fsp3) is 0.375. The molecule has 2 aromatic carbocycles. The Balaban J connectivity index is 1.78. The number of nitro groups is 1. The first-order chi connectivity index (χ1) is 13.8. The van der Waals surface area contributed by atoms with Crippen LogP contribution in [0.3, 0.4) is 0 Å². The van der Waals surface area contributed by atoms with Crippen LogP contribution in [-0.4, -0.2) is 65.8 Å². The lowest BCUT2D eigenvalue weighted by Gasteiger charge is -2.29. The number of hydrogen-bond donors (Lipinski definition) is 4. The SMILES string of the molecule is O=[N+]([O-])c1ccc(C(OP(N2CC2(O)O)N2CC2(O)O)C(F)(F)F)c2ccccc12. The lowest BCUT2D eigenvalue weighted by atomic mass is 9.99. The van der Waals surface area contributed by atoms with Crippen LogP contribution in [0.4, 0.5) is 18.9 Å². The Hall–Kier alpha value is -1.96. The molecule has 2 aromatic rings. The second-order valence-corrected chi connectivity index (χ2v) is 8.60. The largest absolute Gasteiger partial charge is 0.419 e. The molecule has 2 heterocycles. The molecule has 2 saturated heterocycles. The first-order valence-corrected chi connectivity index (χ1v) is 9.64. The predicted molar refractivity (Wildman–Crippen MR) is 95.2 cm³/mol. The van der Waals surface area contributed by atoms with E-state index in [0.717, 1.165) is 21.5 Å². The Morgan fingerprint density at radius 3 is 1.97 bits per heavy atom. The number of alkyl halides is 3. The van der Waals surface area contributed by atoms with E-state index >= 15 is 0 Å². The molecule has 2 aliphatic heterocycles. The smallest absolute Gasteiger partial charge is 0.352 e. The van der Waals surface area contributed by atoms with Crippen LogP contribution in [0.15, 0.2) is 36.4 Å². The Bertz CT molecular complexity index is 997. The molecule has 30 heavy (non-hydrogen) atoms. The van der Waals surface area contributed by atoms with Crippen molar-refractivity contribution in [2.45, 2.75) is 24.1 Å². The fourth-order valence-corrected chi connectivity index (χ4v) is 5.13. The Labute approximate surface area is 167 Å². The highest BCUT2D eigenvalue weighted by atomic mass is 31.2.